The third kappa shape index (κ3) is 3.38. The van der Waals surface area contributed by atoms with Gasteiger partial charge in [-0.25, -0.2) is 9.37 Å². The Labute approximate surface area is 144 Å². The number of hydrogen-bond acceptors (Lipinski definition) is 3. The normalized spacial score (nSPS) is 11.0. The molecule has 2 aromatic heterocycles. The van der Waals surface area contributed by atoms with Crippen molar-refractivity contribution in [3.8, 4) is 5.13 Å². The Morgan fingerprint density at radius 3 is 2.62 bits per heavy atom. The van der Waals surface area contributed by atoms with E-state index in [1.54, 1.807) is 18.2 Å². The Hall–Kier alpha value is -2.47. The van der Waals surface area contributed by atoms with E-state index in [0.29, 0.717) is 10.4 Å². The fourth-order valence-corrected chi connectivity index (χ4v) is 3.45. The summed E-state index contributed by atoms with van der Waals surface area (Å²) in [5, 5.41) is 3.54. The number of benzene rings is 1. The third-order valence-electron chi connectivity index (χ3n) is 3.62. The SMILES string of the molecule is CC(C)c1nc(-n2cccc2)sc1C(=O)NCc1ccccc1F. The maximum atomic E-state index is 13.7. The van der Waals surface area contributed by atoms with E-state index in [2.05, 4.69) is 10.3 Å². The van der Waals surface area contributed by atoms with E-state index in [-0.39, 0.29) is 24.2 Å². The Bertz CT molecular complexity index is 840. The molecule has 0 saturated carbocycles. The molecule has 24 heavy (non-hydrogen) atoms. The van der Waals surface area contributed by atoms with Crippen LogP contribution >= 0.6 is 11.3 Å². The van der Waals surface area contributed by atoms with E-state index in [1.807, 2.05) is 42.9 Å². The summed E-state index contributed by atoms with van der Waals surface area (Å²) in [6.07, 6.45) is 3.79. The number of carbonyl (C=O) groups excluding carboxylic acids is 1. The summed E-state index contributed by atoms with van der Waals surface area (Å²) in [5.41, 5.74) is 1.22. The van der Waals surface area contributed by atoms with E-state index in [0.717, 1.165) is 10.8 Å². The summed E-state index contributed by atoms with van der Waals surface area (Å²) in [6, 6.07) is 10.3. The van der Waals surface area contributed by atoms with Gasteiger partial charge >= 0.3 is 0 Å². The molecule has 0 saturated heterocycles. The second-order valence-electron chi connectivity index (χ2n) is 5.73. The molecule has 1 aromatic carbocycles. The maximum absolute atomic E-state index is 13.7. The van der Waals surface area contributed by atoms with Gasteiger partial charge in [0.2, 0.25) is 0 Å². The fraction of sp³-hybridized carbons (Fsp3) is 0.222. The topological polar surface area (TPSA) is 46.9 Å². The zero-order valence-electron chi connectivity index (χ0n) is 13.5. The summed E-state index contributed by atoms with van der Waals surface area (Å²) in [5.74, 6) is -0.420. The lowest BCUT2D eigenvalue weighted by Gasteiger charge is -2.07. The van der Waals surface area contributed by atoms with Gasteiger partial charge in [0.15, 0.2) is 5.13 Å². The molecule has 3 rings (SSSR count). The van der Waals surface area contributed by atoms with E-state index in [4.69, 9.17) is 0 Å². The minimum atomic E-state index is -0.320. The summed E-state index contributed by atoms with van der Waals surface area (Å²) >= 11 is 1.34. The van der Waals surface area contributed by atoms with Crippen molar-refractivity contribution in [2.24, 2.45) is 0 Å². The van der Waals surface area contributed by atoms with Gasteiger partial charge in [-0.2, -0.15) is 0 Å². The van der Waals surface area contributed by atoms with Gasteiger partial charge in [0.05, 0.1) is 5.69 Å². The highest BCUT2D eigenvalue weighted by Gasteiger charge is 2.21. The number of hydrogen-bond donors (Lipinski definition) is 1. The smallest absolute Gasteiger partial charge is 0.263 e. The molecular weight excluding hydrogens is 325 g/mol. The molecule has 124 valence electrons. The molecule has 0 atom stereocenters. The van der Waals surface area contributed by atoms with E-state index >= 15 is 0 Å². The molecule has 0 radical (unpaired) electrons. The van der Waals surface area contributed by atoms with Crippen LogP contribution in [0.25, 0.3) is 5.13 Å². The number of carbonyl (C=O) groups is 1. The second kappa shape index (κ2) is 6.97. The van der Waals surface area contributed by atoms with Gasteiger partial charge in [0.25, 0.3) is 5.91 Å². The first-order valence-electron chi connectivity index (χ1n) is 7.72. The van der Waals surface area contributed by atoms with Crippen LogP contribution in [0.4, 0.5) is 4.39 Å². The number of nitrogens with zero attached hydrogens (tertiary/aromatic N) is 2. The number of nitrogens with one attached hydrogen (secondary N) is 1. The van der Waals surface area contributed by atoms with Crippen molar-refractivity contribution in [1.82, 2.24) is 14.9 Å². The Morgan fingerprint density at radius 1 is 1.25 bits per heavy atom. The van der Waals surface area contributed by atoms with Crippen molar-refractivity contribution in [2.45, 2.75) is 26.3 Å². The van der Waals surface area contributed by atoms with Gasteiger partial charge in [-0.15, -0.1) is 0 Å². The molecule has 6 heteroatoms. The molecule has 0 unspecified atom stereocenters. The predicted octanol–water partition coefficient (Wildman–Crippen LogP) is 4.13. The van der Waals surface area contributed by atoms with Crippen molar-refractivity contribution < 1.29 is 9.18 Å². The number of thiazole rings is 1. The molecule has 0 fully saturated rings. The summed E-state index contributed by atoms with van der Waals surface area (Å²) < 4.78 is 15.6. The van der Waals surface area contributed by atoms with E-state index in [1.165, 1.54) is 17.4 Å². The van der Waals surface area contributed by atoms with Gasteiger partial charge in [-0.05, 0) is 24.1 Å². The van der Waals surface area contributed by atoms with Crippen molar-refractivity contribution in [1.29, 1.82) is 0 Å². The fourth-order valence-electron chi connectivity index (χ4n) is 2.34. The lowest BCUT2D eigenvalue weighted by Crippen LogP contribution is -2.23. The van der Waals surface area contributed by atoms with E-state index < -0.39 is 0 Å². The lowest BCUT2D eigenvalue weighted by molar-refractivity contribution is 0.0953. The first-order valence-corrected chi connectivity index (χ1v) is 8.53. The molecule has 0 spiro atoms. The summed E-state index contributed by atoms with van der Waals surface area (Å²) in [6.45, 7) is 4.16. The first-order chi connectivity index (χ1) is 11.6. The minimum Gasteiger partial charge on any atom is -0.347 e. The van der Waals surface area contributed by atoms with Crippen LogP contribution in [0.5, 0.6) is 0 Å². The monoisotopic (exact) mass is 343 g/mol. The summed E-state index contributed by atoms with van der Waals surface area (Å²) in [4.78, 5) is 17.7. The zero-order valence-corrected chi connectivity index (χ0v) is 14.3. The van der Waals surface area contributed by atoms with Crippen LogP contribution in [0.3, 0.4) is 0 Å². The second-order valence-corrected chi connectivity index (χ2v) is 6.71. The molecule has 1 amide bonds. The maximum Gasteiger partial charge on any atom is 0.263 e. The number of halogens is 1. The van der Waals surface area contributed by atoms with E-state index in [9.17, 15) is 9.18 Å². The Kier molecular flexibility index (Phi) is 4.76. The highest BCUT2D eigenvalue weighted by atomic mass is 32.1. The van der Waals surface area contributed by atoms with Gasteiger partial charge < -0.3 is 9.88 Å². The standard InChI is InChI=1S/C18H18FN3OS/c1-12(2)15-16(24-18(21-15)22-9-5-6-10-22)17(23)20-11-13-7-3-4-8-14(13)19/h3-10,12H,11H2,1-2H3,(H,20,23). The highest BCUT2D eigenvalue weighted by molar-refractivity contribution is 7.16. The quantitative estimate of drug-likeness (QED) is 0.757. The van der Waals surface area contributed by atoms with Gasteiger partial charge in [0, 0.05) is 24.5 Å². The Balaban J connectivity index is 1.82. The number of aromatic nitrogens is 2. The number of amides is 1. The van der Waals surface area contributed by atoms with Crippen LogP contribution in [-0.2, 0) is 6.54 Å². The average Bonchev–Trinajstić information content (AvgIpc) is 3.22. The van der Waals surface area contributed by atoms with Gasteiger partial charge in [-0.3, -0.25) is 4.79 Å². The molecule has 0 aliphatic carbocycles. The summed E-state index contributed by atoms with van der Waals surface area (Å²) in [7, 11) is 0. The van der Waals surface area contributed by atoms with Crippen molar-refractivity contribution in [3.63, 3.8) is 0 Å². The minimum absolute atomic E-state index is 0.125. The van der Waals surface area contributed by atoms with Crippen molar-refractivity contribution in [3.05, 3.63) is 70.7 Å². The van der Waals surface area contributed by atoms with Crippen LogP contribution in [0, 0.1) is 5.82 Å². The molecule has 4 nitrogen and oxygen atoms in total. The first kappa shape index (κ1) is 16.4. The largest absolute Gasteiger partial charge is 0.347 e. The molecule has 3 aromatic rings. The van der Waals surface area contributed by atoms with Gasteiger partial charge in [-0.1, -0.05) is 43.4 Å². The lowest BCUT2D eigenvalue weighted by atomic mass is 10.1. The van der Waals surface area contributed by atoms with Crippen LogP contribution in [0.15, 0.2) is 48.8 Å². The number of rotatable bonds is 5. The molecule has 2 heterocycles. The Morgan fingerprint density at radius 2 is 1.96 bits per heavy atom. The third-order valence-corrected chi connectivity index (χ3v) is 4.70. The molecule has 0 aliphatic heterocycles. The van der Waals surface area contributed by atoms with Crippen LogP contribution < -0.4 is 5.32 Å². The highest BCUT2D eigenvalue weighted by Crippen LogP contribution is 2.27. The average molecular weight is 343 g/mol. The van der Waals surface area contributed by atoms with Crippen molar-refractivity contribution >= 4 is 17.2 Å². The zero-order chi connectivity index (χ0) is 17.1. The van der Waals surface area contributed by atoms with Crippen molar-refractivity contribution in [2.75, 3.05) is 0 Å². The predicted molar refractivity (Wildman–Crippen MR) is 93.1 cm³/mol. The molecule has 0 bridgehead atoms. The van der Waals surface area contributed by atoms with Crippen LogP contribution in [-0.4, -0.2) is 15.5 Å². The van der Waals surface area contributed by atoms with Crippen LogP contribution in [0.1, 0.15) is 40.7 Å². The van der Waals surface area contributed by atoms with Gasteiger partial charge in [0.1, 0.15) is 10.7 Å². The molecule has 1 N–H and O–H groups in total. The molecular formula is C18H18FN3OS. The molecule has 0 aliphatic rings. The van der Waals surface area contributed by atoms with Crippen LogP contribution in [0.2, 0.25) is 0 Å².